The lowest BCUT2D eigenvalue weighted by molar-refractivity contribution is 0.282. The second kappa shape index (κ2) is 7.47. The van der Waals surface area contributed by atoms with Gasteiger partial charge in [0, 0.05) is 6.54 Å². The first kappa shape index (κ1) is 17.1. The Morgan fingerprint density at radius 2 is 1.54 bits per heavy atom. The minimum atomic E-state index is -3.26. The van der Waals surface area contributed by atoms with E-state index >= 15 is 0 Å². The fourth-order valence-electron chi connectivity index (χ4n) is 3.30. The second-order valence-corrected chi connectivity index (χ2v) is 8.29. The van der Waals surface area contributed by atoms with Crippen molar-refractivity contribution < 1.29 is 13.5 Å². The Bertz CT molecular complexity index is 760. The van der Waals surface area contributed by atoms with Crippen molar-refractivity contribution in [2.24, 2.45) is 5.92 Å². The molecular weight excluding hydrogens is 322 g/mol. The Balaban J connectivity index is 1.48. The van der Waals surface area contributed by atoms with Gasteiger partial charge in [-0.05, 0) is 47.4 Å². The predicted molar refractivity (Wildman–Crippen MR) is 95.2 cm³/mol. The zero-order chi connectivity index (χ0) is 17.0. The van der Waals surface area contributed by atoms with Crippen LogP contribution in [0.15, 0.2) is 48.5 Å². The Hall–Kier alpha value is -1.69. The van der Waals surface area contributed by atoms with E-state index in [1.165, 1.54) is 11.1 Å². The highest BCUT2D eigenvalue weighted by atomic mass is 32.2. The van der Waals surface area contributed by atoms with Gasteiger partial charge in [0.2, 0.25) is 10.0 Å². The first-order valence-corrected chi connectivity index (χ1v) is 9.94. The van der Waals surface area contributed by atoms with Crippen LogP contribution in [0, 0.1) is 5.92 Å². The molecule has 0 heterocycles. The Kier molecular flexibility index (Phi) is 5.33. The summed E-state index contributed by atoms with van der Waals surface area (Å²) in [5.74, 6) is 0.356. The van der Waals surface area contributed by atoms with Gasteiger partial charge in [0.15, 0.2) is 0 Å². The highest BCUT2D eigenvalue weighted by molar-refractivity contribution is 7.89. The summed E-state index contributed by atoms with van der Waals surface area (Å²) in [6.45, 7) is 0.428. The normalized spacial score (nSPS) is 14.7. The number of rotatable bonds is 7. The summed E-state index contributed by atoms with van der Waals surface area (Å²) in [5.41, 5.74) is 4.48. The van der Waals surface area contributed by atoms with E-state index in [1.54, 1.807) is 0 Å². The largest absolute Gasteiger partial charge is 0.392 e. The molecule has 128 valence electrons. The zero-order valence-electron chi connectivity index (χ0n) is 13.6. The first-order valence-electron chi connectivity index (χ1n) is 8.28. The van der Waals surface area contributed by atoms with Gasteiger partial charge >= 0.3 is 0 Å². The maximum atomic E-state index is 12.3. The quantitative estimate of drug-likeness (QED) is 0.807. The molecule has 0 fully saturated rings. The van der Waals surface area contributed by atoms with Gasteiger partial charge in [0.05, 0.1) is 12.4 Å². The van der Waals surface area contributed by atoms with E-state index in [2.05, 4.69) is 16.9 Å². The van der Waals surface area contributed by atoms with Gasteiger partial charge < -0.3 is 5.11 Å². The maximum absolute atomic E-state index is 12.3. The SMILES string of the molecule is O=S(=O)(CC1Cc2ccccc2C1)NCCc1ccc(CO)cc1. The molecule has 0 bridgehead atoms. The summed E-state index contributed by atoms with van der Waals surface area (Å²) in [5, 5.41) is 9.02. The molecule has 0 spiro atoms. The van der Waals surface area contributed by atoms with Crippen molar-refractivity contribution in [3.05, 3.63) is 70.8 Å². The molecule has 1 aliphatic carbocycles. The maximum Gasteiger partial charge on any atom is 0.211 e. The number of hydrogen-bond donors (Lipinski definition) is 2. The molecule has 3 rings (SSSR count). The lowest BCUT2D eigenvalue weighted by Gasteiger charge is -2.11. The molecule has 0 amide bonds. The van der Waals surface area contributed by atoms with Crippen LogP contribution in [0.5, 0.6) is 0 Å². The molecule has 0 saturated heterocycles. The van der Waals surface area contributed by atoms with Gasteiger partial charge in [-0.1, -0.05) is 48.5 Å². The fourth-order valence-corrected chi connectivity index (χ4v) is 4.69. The summed E-state index contributed by atoms with van der Waals surface area (Å²) in [4.78, 5) is 0. The number of fused-ring (bicyclic) bond motifs is 1. The molecule has 0 radical (unpaired) electrons. The highest BCUT2D eigenvalue weighted by Crippen LogP contribution is 2.27. The summed E-state index contributed by atoms with van der Waals surface area (Å²) >= 11 is 0. The highest BCUT2D eigenvalue weighted by Gasteiger charge is 2.25. The van der Waals surface area contributed by atoms with Crippen LogP contribution >= 0.6 is 0 Å². The Labute approximate surface area is 143 Å². The van der Waals surface area contributed by atoms with Crippen molar-refractivity contribution in [3.8, 4) is 0 Å². The molecule has 2 aromatic carbocycles. The summed E-state index contributed by atoms with van der Waals surface area (Å²) in [7, 11) is -3.26. The van der Waals surface area contributed by atoms with Crippen molar-refractivity contribution >= 4 is 10.0 Å². The van der Waals surface area contributed by atoms with Crippen LogP contribution in [0.2, 0.25) is 0 Å². The van der Waals surface area contributed by atoms with Crippen LogP contribution in [0.4, 0.5) is 0 Å². The minimum Gasteiger partial charge on any atom is -0.392 e. The van der Waals surface area contributed by atoms with Crippen molar-refractivity contribution in [2.45, 2.75) is 25.9 Å². The Morgan fingerprint density at radius 3 is 2.12 bits per heavy atom. The number of hydrogen-bond acceptors (Lipinski definition) is 3. The van der Waals surface area contributed by atoms with E-state index in [0.29, 0.717) is 13.0 Å². The minimum absolute atomic E-state index is 0.0245. The molecule has 1 aliphatic rings. The molecule has 0 aromatic heterocycles. The van der Waals surface area contributed by atoms with Crippen LogP contribution in [-0.2, 0) is 35.9 Å². The number of aliphatic hydroxyl groups is 1. The molecule has 0 atom stereocenters. The smallest absolute Gasteiger partial charge is 0.211 e. The van der Waals surface area contributed by atoms with E-state index in [-0.39, 0.29) is 18.3 Å². The van der Waals surface area contributed by atoms with E-state index in [4.69, 9.17) is 5.11 Å². The summed E-state index contributed by atoms with van der Waals surface area (Å²) in [6.07, 6.45) is 2.34. The van der Waals surface area contributed by atoms with Crippen LogP contribution in [0.25, 0.3) is 0 Å². The van der Waals surface area contributed by atoms with Gasteiger partial charge in [-0.3, -0.25) is 0 Å². The number of sulfonamides is 1. The van der Waals surface area contributed by atoms with Crippen molar-refractivity contribution in [2.75, 3.05) is 12.3 Å². The van der Waals surface area contributed by atoms with Gasteiger partial charge in [-0.25, -0.2) is 13.1 Å². The molecule has 24 heavy (non-hydrogen) atoms. The number of benzene rings is 2. The number of aliphatic hydroxyl groups excluding tert-OH is 1. The third-order valence-electron chi connectivity index (χ3n) is 4.53. The molecule has 5 heteroatoms. The predicted octanol–water partition coefficient (Wildman–Crippen LogP) is 2.06. The van der Waals surface area contributed by atoms with E-state index in [0.717, 1.165) is 24.0 Å². The van der Waals surface area contributed by atoms with Gasteiger partial charge in [-0.15, -0.1) is 0 Å². The third-order valence-corrected chi connectivity index (χ3v) is 6.09. The molecule has 0 unspecified atom stereocenters. The average Bonchev–Trinajstić information content (AvgIpc) is 2.96. The van der Waals surface area contributed by atoms with Crippen LogP contribution in [0.1, 0.15) is 22.3 Å². The number of nitrogens with one attached hydrogen (secondary N) is 1. The van der Waals surface area contributed by atoms with E-state index in [9.17, 15) is 8.42 Å². The Morgan fingerprint density at radius 1 is 0.958 bits per heavy atom. The lowest BCUT2D eigenvalue weighted by atomic mass is 10.1. The van der Waals surface area contributed by atoms with Crippen LogP contribution < -0.4 is 4.72 Å². The topological polar surface area (TPSA) is 66.4 Å². The average molecular weight is 345 g/mol. The van der Waals surface area contributed by atoms with Gasteiger partial charge in [0.25, 0.3) is 0 Å². The van der Waals surface area contributed by atoms with Crippen molar-refractivity contribution in [1.29, 1.82) is 0 Å². The monoisotopic (exact) mass is 345 g/mol. The summed E-state index contributed by atoms with van der Waals surface area (Å²) < 4.78 is 27.3. The molecule has 0 saturated carbocycles. The summed E-state index contributed by atoms with van der Waals surface area (Å²) in [6, 6.07) is 15.8. The first-order chi connectivity index (χ1) is 11.6. The molecule has 2 aromatic rings. The zero-order valence-corrected chi connectivity index (χ0v) is 14.4. The molecular formula is C19H23NO3S. The van der Waals surface area contributed by atoms with Crippen molar-refractivity contribution in [1.82, 2.24) is 4.72 Å². The van der Waals surface area contributed by atoms with Gasteiger partial charge in [-0.2, -0.15) is 0 Å². The lowest BCUT2D eigenvalue weighted by Crippen LogP contribution is -2.31. The second-order valence-electron chi connectivity index (χ2n) is 6.44. The third kappa shape index (κ3) is 4.44. The molecule has 0 aliphatic heterocycles. The van der Waals surface area contributed by atoms with Crippen LogP contribution in [0.3, 0.4) is 0 Å². The van der Waals surface area contributed by atoms with Crippen molar-refractivity contribution in [3.63, 3.8) is 0 Å². The van der Waals surface area contributed by atoms with E-state index in [1.807, 2.05) is 36.4 Å². The van der Waals surface area contributed by atoms with Crippen LogP contribution in [-0.4, -0.2) is 25.8 Å². The standard InChI is InChI=1S/C19H23NO3S/c21-13-16-7-5-15(6-8-16)9-10-20-24(22,23)14-17-11-18-3-1-2-4-19(18)12-17/h1-8,17,20-21H,9-14H2. The fraction of sp³-hybridized carbons (Fsp3) is 0.368. The van der Waals surface area contributed by atoms with Gasteiger partial charge in [0.1, 0.15) is 0 Å². The van der Waals surface area contributed by atoms with E-state index < -0.39 is 10.0 Å². The molecule has 4 nitrogen and oxygen atoms in total. The molecule has 2 N–H and O–H groups in total.